The second-order valence-electron chi connectivity index (χ2n) is 0.269. The molecule has 0 aromatic heterocycles. The zero-order chi connectivity index (χ0) is 4.12. The van der Waals surface area contributed by atoms with Gasteiger partial charge in [-0.1, -0.05) is 0 Å². The fourth-order valence-corrected chi connectivity index (χ4v) is 0.459. The second kappa shape index (κ2) is 4.49. The van der Waals surface area contributed by atoms with E-state index in [1.165, 1.54) is 0 Å². The van der Waals surface area contributed by atoms with E-state index in [9.17, 15) is 7.56 Å². The van der Waals surface area contributed by atoms with Crippen LogP contribution in [0.25, 0.3) is 0 Å². The molecule has 0 N–H and O–H groups in total. The van der Waals surface area contributed by atoms with Crippen LogP contribution in [0.15, 0.2) is 0 Å². The molecule has 5 heavy (non-hydrogen) atoms. The summed E-state index contributed by atoms with van der Waals surface area (Å²) in [6.07, 6.45) is 0. The Morgan fingerprint density at radius 1 is 1.20 bits per heavy atom. The van der Waals surface area contributed by atoms with Crippen LogP contribution in [0.5, 0.6) is 0 Å². The second-order valence-corrected chi connectivity index (χ2v) is 3.62. The van der Waals surface area contributed by atoms with Crippen molar-refractivity contribution in [2.75, 3.05) is 0 Å². The van der Waals surface area contributed by atoms with Gasteiger partial charge in [0.1, 0.15) is 0 Å². The minimum absolute atomic E-state index is 1.50. The molecule has 0 atom stereocenters. The van der Waals surface area contributed by atoms with Crippen LogP contribution in [0, 0.1) is 0 Å². The maximum atomic E-state index is 9.26. The van der Waals surface area contributed by atoms with Crippen molar-refractivity contribution in [3.05, 3.63) is 0 Å². The third kappa shape index (κ3) is 4.49. The van der Waals surface area contributed by atoms with E-state index in [-0.39, 0.29) is 0 Å². The van der Waals surface area contributed by atoms with Gasteiger partial charge in [-0.15, -0.1) is 0 Å². The van der Waals surface area contributed by atoms with Crippen molar-refractivity contribution >= 4 is 31.4 Å². The molecular weight excluding hydrogens is 193 g/mol. The van der Waals surface area contributed by atoms with Crippen LogP contribution in [0.4, 0.5) is 0 Å². The summed E-state index contributed by atoms with van der Waals surface area (Å²) < 4.78 is 22.5. The molecule has 0 aliphatic rings. The molecule has 0 aromatic rings. The van der Waals surface area contributed by atoms with E-state index in [4.69, 9.17) is 0 Å². The van der Waals surface area contributed by atoms with Gasteiger partial charge < -0.3 is 0 Å². The van der Waals surface area contributed by atoms with E-state index in [1.54, 1.807) is 0 Å². The van der Waals surface area contributed by atoms with Crippen molar-refractivity contribution in [1.29, 1.82) is 0 Å². The molecule has 26 valence electrons. The van der Waals surface area contributed by atoms with Crippen molar-refractivity contribution in [2.24, 2.45) is 0 Å². The predicted molar refractivity (Wildman–Crippen MR) is 14.0 cm³/mol. The van der Waals surface area contributed by atoms with Crippen LogP contribution in [-0.4, -0.2) is 31.4 Å². The van der Waals surface area contributed by atoms with Gasteiger partial charge in [0.25, 0.3) is 0 Å². The Morgan fingerprint density at radius 2 is 1.60 bits per heavy atom. The first-order valence-electron chi connectivity index (χ1n) is 0.816. The van der Waals surface area contributed by atoms with Crippen molar-refractivity contribution in [2.45, 2.75) is 0 Å². The Balaban J connectivity index is 2.65. The first-order valence-corrected chi connectivity index (χ1v) is 4.24. The quantitative estimate of drug-likeness (QED) is 0.525. The van der Waals surface area contributed by atoms with E-state index < -0.39 is 31.4 Å². The van der Waals surface area contributed by atoms with Gasteiger partial charge in [-0.2, -0.15) is 0 Å². The molecule has 0 saturated carbocycles. The average Bonchev–Trinajstić information content (AvgIpc) is 1.41. The third-order valence-electron chi connectivity index (χ3n) is 0.0833. The average molecular weight is 193 g/mol. The van der Waals surface area contributed by atoms with Gasteiger partial charge in [0.15, 0.2) is 0 Å². The molecule has 5 heteroatoms. The zero-order valence-electron chi connectivity index (χ0n) is 2.22. The van der Waals surface area contributed by atoms with Crippen LogP contribution in [0.2, 0.25) is 0 Å². The van der Waals surface area contributed by atoms with E-state index in [1.807, 2.05) is 0 Å². The Morgan fingerprint density at radius 3 is 1.60 bits per heavy atom. The molecule has 3 nitrogen and oxygen atoms in total. The summed E-state index contributed by atoms with van der Waals surface area (Å²) in [7, 11) is 0. The molecule has 0 heterocycles. The Labute approximate surface area is 42.1 Å². The summed E-state index contributed by atoms with van der Waals surface area (Å²) in [5.41, 5.74) is 0. The molecule has 0 spiro atoms. The van der Waals surface area contributed by atoms with Crippen molar-refractivity contribution in [3.8, 4) is 0 Å². The standard InChI is InChI=1S/Ge2O3/c3-1-5-2-4. The molecule has 0 aromatic carbocycles. The monoisotopic (exact) mass is 196 g/mol. The molecule has 2 radical (unpaired) electrons. The fraction of sp³-hybridized carbons (Fsp3) is 0. The molecule has 0 aliphatic carbocycles. The molecule has 0 saturated heterocycles. The summed E-state index contributed by atoms with van der Waals surface area (Å²) in [6.45, 7) is 0. The van der Waals surface area contributed by atoms with Gasteiger partial charge in [-0.3, -0.25) is 0 Å². The summed E-state index contributed by atoms with van der Waals surface area (Å²) in [4.78, 5) is 0. The van der Waals surface area contributed by atoms with E-state index >= 15 is 0 Å². The van der Waals surface area contributed by atoms with Gasteiger partial charge in [0.2, 0.25) is 0 Å². The van der Waals surface area contributed by atoms with Gasteiger partial charge in [-0.05, 0) is 0 Å². The summed E-state index contributed by atoms with van der Waals surface area (Å²) in [5, 5.41) is 0. The van der Waals surface area contributed by atoms with Crippen LogP contribution in [0.1, 0.15) is 0 Å². The summed E-state index contributed by atoms with van der Waals surface area (Å²) in [5.74, 6) is 0. The Hall–Kier alpha value is 0.486. The number of hydrogen-bond donors (Lipinski definition) is 0. The van der Waals surface area contributed by atoms with Gasteiger partial charge in [0.05, 0.1) is 0 Å². The first-order chi connectivity index (χ1) is 2.41. The maximum absolute atomic E-state index is 9.26. The third-order valence-corrected chi connectivity index (χ3v) is 2.25. The van der Waals surface area contributed by atoms with Crippen LogP contribution < -0.4 is 0 Å². The Bertz CT molecular complexity index is 34.2. The van der Waals surface area contributed by atoms with Gasteiger partial charge in [-0.25, -0.2) is 0 Å². The van der Waals surface area contributed by atoms with Gasteiger partial charge >= 0.3 is 41.8 Å². The first kappa shape index (κ1) is 5.49. The molecule has 0 amide bonds. The Kier molecular flexibility index (Phi) is 4.92. The number of rotatable bonds is 2. The summed E-state index contributed by atoms with van der Waals surface area (Å²) >= 11 is -3.00. The van der Waals surface area contributed by atoms with Crippen LogP contribution in [-0.2, 0) is 10.3 Å². The topological polar surface area (TPSA) is 43.4 Å². The predicted octanol–water partition coefficient (Wildman–Crippen LogP) is -1.07. The SMILES string of the molecule is [O]=[Ge][O][Ge]=[O]. The van der Waals surface area contributed by atoms with Crippen molar-refractivity contribution in [3.63, 3.8) is 0 Å². The van der Waals surface area contributed by atoms with Crippen LogP contribution >= 0.6 is 0 Å². The van der Waals surface area contributed by atoms with Crippen LogP contribution in [0.3, 0.4) is 0 Å². The summed E-state index contributed by atoms with van der Waals surface area (Å²) in [6, 6.07) is 0. The van der Waals surface area contributed by atoms with Gasteiger partial charge in [0, 0.05) is 0 Å². The van der Waals surface area contributed by atoms with Crippen molar-refractivity contribution < 1.29 is 10.3 Å². The number of hydrogen-bond acceptors (Lipinski definition) is 3. The van der Waals surface area contributed by atoms with E-state index in [0.29, 0.717) is 0 Å². The molecule has 0 bridgehead atoms. The van der Waals surface area contributed by atoms with Crippen molar-refractivity contribution in [1.82, 2.24) is 0 Å². The molecule has 0 unspecified atom stereocenters. The van der Waals surface area contributed by atoms with E-state index in [2.05, 4.69) is 2.79 Å². The molecular formula is Ge2O3. The zero-order valence-corrected chi connectivity index (χ0v) is 6.42. The minimum atomic E-state index is -1.50. The molecule has 0 rings (SSSR count). The normalized spacial score (nSPS) is 5.60. The molecule has 0 fully saturated rings. The van der Waals surface area contributed by atoms with E-state index in [0.717, 1.165) is 0 Å². The fourth-order valence-electron chi connectivity index (χ4n) is 0.0170. The molecule has 0 aliphatic heterocycles.